The standard InChI is InChI=1S/C16H29N3O/c1-6-18-15-14(17)12(4)9-13(19-15)7-8-16(5,20)10-11(2)3/h9,11,20H,6-8,10,17H2,1-5H3,(H,18,19). The van der Waals surface area contributed by atoms with Crippen molar-refractivity contribution in [2.75, 3.05) is 17.6 Å². The summed E-state index contributed by atoms with van der Waals surface area (Å²) in [6.45, 7) is 11.0. The highest BCUT2D eigenvalue weighted by molar-refractivity contribution is 5.65. The molecule has 0 amide bonds. The molecule has 1 aromatic rings. The third-order valence-corrected chi connectivity index (χ3v) is 3.43. The second-order valence-electron chi connectivity index (χ2n) is 6.32. The first-order valence-corrected chi connectivity index (χ1v) is 7.47. The lowest BCUT2D eigenvalue weighted by atomic mass is 9.89. The van der Waals surface area contributed by atoms with Crippen LogP contribution >= 0.6 is 0 Å². The second-order valence-corrected chi connectivity index (χ2v) is 6.32. The molecule has 0 aliphatic rings. The van der Waals surface area contributed by atoms with Crippen LogP contribution in [0.2, 0.25) is 0 Å². The molecule has 0 bridgehead atoms. The fourth-order valence-corrected chi connectivity index (χ4v) is 2.56. The van der Waals surface area contributed by atoms with Gasteiger partial charge in [0.1, 0.15) is 5.82 Å². The van der Waals surface area contributed by atoms with Crippen LogP contribution in [-0.4, -0.2) is 22.2 Å². The van der Waals surface area contributed by atoms with Crippen molar-refractivity contribution in [3.8, 4) is 0 Å². The lowest BCUT2D eigenvalue weighted by Crippen LogP contribution is -2.27. The van der Waals surface area contributed by atoms with Crippen molar-refractivity contribution in [3.05, 3.63) is 17.3 Å². The molecular formula is C16H29N3O. The highest BCUT2D eigenvalue weighted by Crippen LogP contribution is 2.25. The van der Waals surface area contributed by atoms with Gasteiger partial charge in [0.15, 0.2) is 0 Å². The average Bonchev–Trinajstić information content (AvgIpc) is 2.31. The smallest absolute Gasteiger partial charge is 0.149 e. The summed E-state index contributed by atoms with van der Waals surface area (Å²) < 4.78 is 0. The Labute approximate surface area is 122 Å². The van der Waals surface area contributed by atoms with Crippen LogP contribution in [0.1, 0.15) is 51.8 Å². The number of aliphatic hydroxyl groups is 1. The summed E-state index contributed by atoms with van der Waals surface area (Å²) in [5, 5.41) is 13.6. The maximum Gasteiger partial charge on any atom is 0.149 e. The Morgan fingerprint density at radius 1 is 1.45 bits per heavy atom. The van der Waals surface area contributed by atoms with Gasteiger partial charge in [-0.3, -0.25) is 0 Å². The molecule has 0 fully saturated rings. The first-order valence-electron chi connectivity index (χ1n) is 7.47. The van der Waals surface area contributed by atoms with Gasteiger partial charge in [-0.25, -0.2) is 4.98 Å². The van der Waals surface area contributed by atoms with Gasteiger partial charge < -0.3 is 16.2 Å². The van der Waals surface area contributed by atoms with Crippen molar-refractivity contribution in [3.63, 3.8) is 0 Å². The minimum Gasteiger partial charge on any atom is -0.396 e. The first-order chi connectivity index (χ1) is 9.25. The minimum atomic E-state index is -0.635. The zero-order chi connectivity index (χ0) is 15.3. The molecule has 1 atom stereocenters. The molecule has 4 heteroatoms. The second kappa shape index (κ2) is 6.93. The number of nitrogens with zero attached hydrogens (tertiary/aromatic N) is 1. The normalized spacial score (nSPS) is 14.3. The lowest BCUT2D eigenvalue weighted by molar-refractivity contribution is 0.0300. The Morgan fingerprint density at radius 2 is 2.10 bits per heavy atom. The molecular weight excluding hydrogens is 250 g/mol. The number of nitrogens with one attached hydrogen (secondary N) is 1. The first kappa shape index (κ1) is 16.8. The molecule has 1 aromatic heterocycles. The molecule has 0 saturated carbocycles. The summed E-state index contributed by atoms with van der Waals surface area (Å²) >= 11 is 0. The molecule has 1 heterocycles. The molecule has 0 radical (unpaired) electrons. The summed E-state index contributed by atoms with van der Waals surface area (Å²) in [6.07, 6.45) is 2.29. The number of hydrogen-bond donors (Lipinski definition) is 3. The van der Waals surface area contributed by atoms with Crippen molar-refractivity contribution in [1.29, 1.82) is 0 Å². The zero-order valence-electron chi connectivity index (χ0n) is 13.5. The van der Waals surface area contributed by atoms with Crippen LogP contribution in [0, 0.1) is 12.8 Å². The van der Waals surface area contributed by atoms with Gasteiger partial charge in [0.05, 0.1) is 11.3 Å². The summed E-state index contributed by atoms with van der Waals surface area (Å²) in [5.74, 6) is 1.24. The molecule has 0 aromatic carbocycles. The maximum absolute atomic E-state index is 10.4. The molecule has 0 aliphatic carbocycles. The van der Waals surface area contributed by atoms with Crippen molar-refractivity contribution in [2.24, 2.45) is 5.92 Å². The van der Waals surface area contributed by atoms with E-state index in [-0.39, 0.29) is 0 Å². The number of aryl methyl sites for hydroxylation is 2. The number of hydrogen-bond acceptors (Lipinski definition) is 4. The van der Waals surface area contributed by atoms with Gasteiger partial charge in [0, 0.05) is 12.2 Å². The number of rotatable bonds is 7. The third-order valence-electron chi connectivity index (χ3n) is 3.43. The molecule has 4 nitrogen and oxygen atoms in total. The van der Waals surface area contributed by atoms with E-state index >= 15 is 0 Å². The maximum atomic E-state index is 10.4. The van der Waals surface area contributed by atoms with Crippen molar-refractivity contribution in [2.45, 2.75) is 59.5 Å². The number of anilines is 2. The molecule has 4 N–H and O–H groups in total. The highest BCUT2D eigenvalue weighted by Gasteiger charge is 2.22. The Morgan fingerprint density at radius 3 is 2.65 bits per heavy atom. The van der Waals surface area contributed by atoms with E-state index in [1.165, 1.54) is 0 Å². The molecule has 20 heavy (non-hydrogen) atoms. The van der Waals surface area contributed by atoms with Gasteiger partial charge in [-0.2, -0.15) is 0 Å². The van der Waals surface area contributed by atoms with Crippen molar-refractivity contribution in [1.82, 2.24) is 4.98 Å². The third kappa shape index (κ3) is 5.00. The van der Waals surface area contributed by atoms with Crippen LogP contribution in [0.4, 0.5) is 11.5 Å². The van der Waals surface area contributed by atoms with E-state index in [4.69, 9.17) is 5.73 Å². The predicted molar refractivity (Wildman–Crippen MR) is 85.9 cm³/mol. The van der Waals surface area contributed by atoms with E-state index < -0.39 is 5.60 Å². The summed E-state index contributed by atoms with van der Waals surface area (Å²) in [7, 11) is 0. The van der Waals surface area contributed by atoms with Gasteiger partial charge in [-0.1, -0.05) is 13.8 Å². The average molecular weight is 279 g/mol. The Hall–Kier alpha value is -1.29. The summed E-state index contributed by atoms with van der Waals surface area (Å²) in [6, 6.07) is 2.02. The number of aromatic nitrogens is 1. The van der Waals surface area contributed by atoms with Gasteiger partial charge >= 0.3 is 0 Å². The molecule has 1 unspecified atom stereocenters. The largest absolute Gasteiger partial charge is 0.396 e. The molecule has 114 valence electrons. The highest BCUT2D eigenvalue weighted by atomic mass is 16.3. The van der Waals surface area contributed by atoms with E-state index in [1.807, 2.05) is 26.8 Å². The Balaban J connectivity index is 2.78. The minimum absolute atomic E-state index is 0.489. The van der Waals surface area contributed by atoms with Crippen LogP contribution in [-0.2, 0) is 6.42 Å². The molecule has 0 aliphatic heterocycles. The predicted octanol–water partition coefficient (Wildman–Crippen LogP) is 3.13. The summed E-state index contributed by atoms with van der Waals surface area (Å²) in [4.78, 5) is 4.56. The number of pyridine rings is 1. The van der Waals surface area contributed by atoms with E-state index in [0.717, 1.165) is 36.5 Å². The molecule has 0 spiro atoms. The lowest BCUT2D eigenvalue weighted by Gasteiger charge is -2.25. The number of nitrogens with two attached hydrogens (primary N) is 1. The summed E-state index contributed by atoms with van der Waals surface area (Å²) in [5.41, 5.74) is 8.11. The van der Waals surface area contributed by atoms with E-state index in [1.54, 1.807) is 0 Å². The topological polar surface area (TPSA) is 71.2 Å². The van der Waals surface area contributed by atoms with Crippen LogP contribution in [0.25, 0.3) is 0 Å². The van der Waals surface area contributed by atoms with E-state index in [0.29, 0.717) is 18.0 Å². The van der Waals surface area contributed by atoms with Crippen LogP contribution in [0.5, 0.6) is 0 Å². The van der Waals surface area contributed by atoms with Gasteiger partial charge in [-0.15, -0.1) is 0 Å². The zero-order valence-corrected chi connectivity index (χ0v) is 13.5. The van der Waals surface area contributed by atoms with E-state index in [9.17, 15) is 5.11 Å². The monoisotopic (exact) mass is 279 g/mol. The quantitative estimate of drug-likeness (QED) is 0.717. The van der Waals surface area contributed by atoms with Gasteiger partial charge in [0.2, 0.25) is 0 Å². The van der Waals surface area contributed by atoms with Crippen molar-refractivity contribution < 1.29 is 5.11 Å². The van der Waals surface area contributed by atoms with Crippen molar-refractivity contribution >= 4 is 11.5 Å². The fraction of sp³-hybridized carbons (Fsp3) is 0.688. The number of nitrogen functional groups attached to an aromatic ring is 1. The van der Waals surface area contributed by atoms with E-state index in [2.05, 4.69) is 24.1 Å². The van der Waals surface area contributed by atoms with Gasteiger partial charge in [-0.05, 0) is 57.6 Å². The van der Waals surface area contributed by atoms with Crippen LogP contribution in [0.15, 0.2) is 6.07 Å². The Kier molecular flexibility index (Phi) is 5.81. The van der Waals surface area contributed by atoms with Crippen LogP contribution < -0.4 is 11.1 Å². The Bertz CT molecular complexity index is 442. The molecule has 1 rings (SSSR count). The van der Waals surface area contributed by atoms with Crippen LogP contribution in [0.3, 0.4) is 0 Å². The SMILES string of the molecule is CCNc1nc(CCC(C)(O)CC(C)C)cc(C)c1N. The fourth-order valence-electron chi connectivity index (χ4n) is 2.56. The van der Waals surface area contributed by atoms with Gasteiger partial charge in [0.25, 0.3) is 0 Å². The molecule has 0 saturated heterocycles.